The quantitative estimate of drug-likeness (QED) is 0.814. The topological polar surface area (TPSA) is 32.3 Å². The Hall–Kier alpha value is -1.09. The molecule has 17 heavy (non-hydrogen) atoms. The van der Waals surface area contributed by atoms with Gasteiger partial charge in [-0.1, -0.05) is 40.6 Å². The van der Waals surface area contributed by atoms with Gasteiger partial charge in [0.05, 0.1) is 5.02 Å². The number of halogens is 3. The minimum atomic E-state index is -0.302. The van der Waals surface area contributed by atoms with Crippen molar-refractivity contribution in [3.63, 3.8) is 0 Å². The van der Waals surface area contributed by atoms with Crippen LogP contribution < -0.4 is 9.84 Å². The van der Waals surface area contributed by atoms with Crippen molar-refractivity contribution in [2.24, 2.45) is 0 Å². The van der Waals surface area contributed by atoms with E-state index in [-0.39, 0.29) is 11.5 Å². The number of ether oxygens (including phenoxy) is 1. The van der Waals surface area contributed by atoms with E-state index in [0.717, 1.165) is 0 Å². The molecule has 0 N–H and O–H groups in total. The minimum absolute atomic E-state index is 0.165. The molecule has 0 saturated heterocycles. The Morgan fingerprint density at radius 3 is 2.00 bits per heavy atom. The van der Waals surface area contributed by atoms with Gasteiger partial charge >= 0.3 is 0 Å². The summed E-state index contributed by atoms with van der Waals surface area (Å²) >= 11 is 17.4. The van der Waals surface area contributed by atoms with Crippen LogP contribution in [0.4, 0.5) is 0 Å². The summed E-state index contributed by atoms with van der Waals surface area (Å²) in [7, 11) is 0. The minimum Gasteiger partial charge on any atom is -0.870 e. The van der Waals surface area contributed by atoms with Crippen molar-refractivity contribution in [1.29, 1.82) is 0 Å². The van der Waals surface area contributed by atoms with Gasteiger partial charge < -0.3 is 9.84 Å². The highest BCUT2D eigenvalue weighted by atomic mass is 35.5. The van der Waals surface area contributed by atoms with E-state index in [1.54, 1.807) is 24.3 Å². The highest BCUT2D eigenvalue weighted by Gasteiger charge is 2.04. The number of rotatable bonds is 2. The van der Waals surface area contributed by atoms with Crippen LogP contribution in [0, 0.1) is 0 Å². The lowest BCUT2D eigenvalue weighted by atomic mass is 10.3. The van der Waals surface area contributed by atoms with Crippen LogP contribution in [0.25, 0.3) is 0 Å². The lowest BCUT2D eigenvalue weighted by Gasteiger charge is -2.15. The van der Waals surface area contributed by atoms with Crippen molar-refractivity contribution < 1.29 is 9.84 Å². The molecule has 0 aliphatic carbocycles. The standard InChI is InChI=1S/C12H7Cl3O2/c13-7-1-3-11(9(15)5-7)17-12-4-2-8(14)6-10(12)16/h1-6,16H/p-1. The SMILES string of the molecule is [O-]c1cc(Cl)ccc1Oc1ccc(Cl)cc1Cl. The summed E-state index contributed by atoms with van der Waals surface area (Å²) in [5.74, 6) is 0.234. The van der Waals surface area contributed by atoms with Gasteiger partial charge in [0.15, 0.2) is 0 Å². The van der Waals surface area contributed by atoms with Crippen LogP contribution in [0.5, 0.6) is 17.2 Å². The van der Waals surface area contributed by atoms with E-state index < -0.39 is 0 Å². The highest BCUT2D eigenvalue weighted by Crippen LogP contribution is 2.35. The molecule has 5 heteroatoms. The second kappa shape index (κ2) is 5.05. The maximum absolute atomic E-state index is 11.5. The lowest BCUT2D eigenvalue weighted by molar-refractivity contribution is -0.269. The van der Waals surface area contributed by atoms with E-state index >= 15 is 0 Å². The first-order valence-electron chi connectivity index (χ1n) is 4.66. The van der Waals surface area contributed by atoms with E-state index in [2.05, 4.69) is 0 Å². The zero-order chi connectivity index (χ0) is 12.4. The summed E-state index contributed by atoms with van der Waals surface area (Å²) < 4.78 is 5.39. The zero-order valence-corrected chi connectivity index (χ0v) is 10.7. The van der Waals surface area contributed by atoms with Gasteiger partial charge in [-0.2, -0.15) is 0 Å². The van der Waals surface area contributed by atoms with Crippen LogP contribution in [0.3, 0.4) is 0 Å². The molecule has 0 aliphatic heterocycles. The first-order valence-corrected chi connectivity index (χ1v) is 5.79. The van der Waals surface area contributed by atoms with Crippen LogP contribution >= 0.6 is 34.8 Å². The Balaban J connectivity index is 2.31. The van der Waals surface area contributed by atoms with E-state index in [4.69, 9.17) is 39.5 Å². The molecule has 0 amide bonds. The van der Waals surface area contributed by atoms with Crippen molar-refractivity contribution in [1.82, 2.24) is 0 Å². The maximum atomic E-state index is 11.5. The average molecular weight is 289 g/mol. The van der Waals surface area contributed by atoms with Crippen LogP contribution in [-0.2, 0) is 0 Å². The van der Waals surface area contributed by atoms with Crippen molar-refractivity contribution in [3.8, 4) is 17.2 Å². The monoisotopic (exact) mass is 287 g/mol. The van der Waals surface area contributed by atoms with E-state index in [1.165, 1.54) is 12.1 Å². The van der Waals surface area contributed by atoms with Crippen LogP contribution in [0.1, 0.15) is 0 Å². The summed E-state index contributed by atoms with van der Waals surface area (Å²) in [6.45, 7) is 0. The molecule has 2 nitrogen and oxygen atoms in total. The van der Waals surface area contributed by atoms with Gasteiger partial charge in [-0.15, -0.1) is 0 Å². The normalized spacial score (nSPS) is 10.3. The molecule has 2 rings (SSSR count). The molecule has 0 radical (unpaired) electrons. The summed E-state index contributed by atoms with van der Waals surface area (Å²) in [6, 6.07) is 9.11. The smallest absolute Gasteiger partial charge is 0.146 e. The van der Waals surface area contributed by atoms with Gasteiger partial charge in [0.1, 0.15) is 11.5 Å². The summed E-state index contributed by atoms with van der Waals surface area (Å²) in [6.07, 6.45) is 0. The Bertz CT molecular complexity index is 506. The van der Waals surface area contributed by atoms with Crippen molar-refractivity contribution >= 4 is 34.8 Å². The first kappa shape index (κ1) is 12.4. The molecule has 0 spiro atoms. The summed E-state index contributed by atoms with van der Waals surface area (Å²) in [5.41, 5.74) is 0. The van der Waals surface area contributed by atoms with Crippen LogP contribution in [0.15, 0.2) is 36.4 Å². The molecule has 0 aliphatic rings. The molecular formula is C12H6Cl3O2-. The van der Waals surface area contributed by atoms with Crippen molar-refractivity contribution in [2.75, 3.05) is 0 Å². The van der Waals surface area contributed by atoms with Gasteiger partial charge in [-0.05, 0) is 36.4 Å². The summed E-state index contributed by atoms with van der Waals surface area (Å²) in [4.78, 5) is 0. The number of hydrogen-bond donors (Lipinski definition) is 0. The van der Waals surface area contributed by atoms with E-state index in [9.17, 15) is 5.11 Å². The Labute approximate surface area is 113 Å². The van der Waals surface area contributed by atoms with E-state index in [1.807, 2.05) is 0 Å². The largest absolute Gasteiger partial charge is 0.870 e. The van der Waals surface area contributed by atoms with Crippen molar-refractivity contribution in [3.05, 3.63) is 51.5 Å². The fourth-order valence-corrected chi connectivity index (χ4v) is 1.85. The average Bonchev–Trinajstić information content (AvgIpc) is 2.25. The molecule has 0 atom stereocenters. The third-order valence-electron chi connectivity index (χ3n) is 2.02. The van der Waals surface area contributed by atoms with Crippen LogP contribution in [0.2, 0.25) is 15.1 Å². The molecule has 0 unspecified atom stereocenters. The van der Waals surface area contributed by atoms with Gasteiger partial charge in [-0.3, -0.25) is 0 Å². The zero-order valence-electron chi connectivity index (χ0n) is 8.41. The lowest BCUT2D eigenvalue weighted by Crippen LogP contribution is -1.94. The Morgan fingerprint density at radius 2 is 1.41 bits per heavy atom. The molecule has 0 bridgehead atoms. The molecule has 2 aromatic rings. The Morgan fingerprint density at radius 1 is 0.824 bits per heavy atom. The maximum Gasteiger partial charge on any atom is 0.146 e. The molecule has 0 saturated carbocycles. The second-order valence-electron chi connectivity index (χ2n) is 3.27. The van der Waals surface area contributed by atoms with Gasteiger partial charge in [0.25, 0.3) is 0 Å². The predicted molar refractivity (Wildman–Crippen MR) is 67.4 cm³/mol. The van der Waals surface area contributed by atoms with E-state index in [0.29, 0.717) is 20.8 Å². The third kappa shape index (κ3) is 2.97. The molecule has 0 heterocycles. The molecule has 2 aromatic carbocycles. The number of hydrogen-bond acceptors (Lipinski definition) is 2. The highest BCUT2D eigenvalue weighted by molar-refractivity contribution is 6.35. The molecular weight excluding hydrogens is 282 g/mol. The van der Waals surface area contributed by atoms with Crippen molar-refractivity contribution in [2.45, 2.75) is 0 Å². The molecule has 0 aromatic heterocycles. The third-order valence-corrected chi connectivity index (χ3v) is 2.79. The summed E-state index contributed by atoms with van der Waals surface area (Å²) in [5, 5.41) is 12.7. The van der Waals surface area contributed by atoms with Gasteiger partial charge in [0.2, 0.25) is 0 Å². The molecule has 88 valence electrons. The molecule has 0 fully saturated rings. The fourth-order valence-electron chi connectivity index (χ4n) is 1.24. The predicted octanol–water partition coefficient (Wildman–Crippen LogP) is 4.51. The van der Waals surface area contributed by atoms with Gasteiger partial charge in [0, 0.05) is 10.0 Å². The van der Waals surface area contributed by atoms with Gasteiger partial charge in [-0.25, -0.2) is 0 Å². The number of benzene rings is 2. The first-order chi connectivity index (χ1) is 8.06. The fraction of sp³-hybridized carbons (Fsp3) is 0. The Kier molecular flexibility index (Phi) is 3.67. The van der Waals surface area contributed by atoms with Crippen LogP contribution in [-0.4, -0.2) is 0 Å². The second-order valence-corrected chi connectivity index (χ2v) is 4.55.